The Morgan fingerprint density at radius 1 is 1.00 bits per heavy atom. The Kier molecular flexibility index (Phi) is 5.90. The molecule has 0 N–H and O–H groups in total. The summed E-state index contributed by atoms with van der Waals surface area (Å²) in [7, 11) is 0.771. The fraction of sp³-hybridized carbons (Fsp3) is 0.375. The van der Waals surface area contributed by atoms with Crippen LogP contribution in [0.25, 0.3) is 5.20 Å². The van der Waals surface area contributed by atoms with E-state index in [4.69, 9.17) is 9.47 Å². The van der Waals surface area contributed by atoms with E-state index < -0.39 is 25.9 Å². The molecule has 0 spiro atoms. The monoisotopic (exact) mass is 306 g/mol. The van der Waals surface area contributed by atoms with Crippen molar-refractivity contribution in [2.75, 3.05) is 14.2 Å². The molecule has 1 aromatic carbocycles. The van der Waals surface area contributed by atoms with Gasteiger partial charge in [0.15, 0.2) is 5.92 Å². The maximum Gasteiger partial charge on any atom is 0.323 e. The van der Waals surface area contributed by atoms with E-state index >= 15 is 0 Å². The van der Waals surface area contributed by atoms with Gasteiger partial charge in [0.05, 0.1) is 22.3 Å². The van der Waals surface area contributed by atoms with E-state index in [9.17, 15) is 9.59 Å². The highest BCUT2D eigenvalue weighted by atomic mass is 28.3. The molecule has 0 unspecified atom stereocenters. The lowest BCUT2D eigenvalue weighted by Gasteiger charge is -2.23. The predicted molar refractivity (Wildman–Crippen MR) is 85.3 cm³/mol. The first-order valence-electron chi connectivity index (χ1n) is 6.74. The zero-order valence-corrected chi connectivity index (χ0v) is 14.2. The Bertz CT molecular complexity index is 513. The first kappa shape index (κ1) is 17.2. The van der Waals surface area contributed by atoms with Gasteiger partial charge in [0.2, 0.25) is 0 Å². The number of carbonyl (C=O) groups is 2. The highest BCUT2D eigenvalue weighted by molar-refractivity contribution is 6.93. The Balaban J connectivity index is 3.35. The highest BCUT2D eigenvalue weighted by Gasteiger charge is 2.30. The molecule has 0 aliphatic rings. The van der Waals surface area contributed by atoms with Gasteiger partial charge in [-0.25, -0.2) is 0 Å². The number of rotatable bonds is 5. The average molecular weight is 306 g/mol. The van der Waals surface area contributed by atoms with Gasteiger partial charge in [0.1, 0.15) is 0 Å². The van der Waals surface area contributed by atoms with Crippen LogP contribution in [0.5, 0.6) is 0 Å². The summed E-state index contributed by atoms with van der Waals surface area (Å²) in [5, 5.41) is 1.03. The minimum absolute atomic E-state index is 0.603. The van der Waals surface area contributed by atoms with Gasteiger partial charge in [-0.2, -0.15) is 0 Å². The van der Waals surface area contributed by atoms with Crippen molar-refractivity contribution < 1.29 is 19.1 Å². The van der Waals surface area contributed by atoms with Crippen molar-refractivity contribution in [2.24, 2.45) is 5.92 Å². The molecule has 5 heteroatoms. The molecule has 114 valence electrons. The molecule has 1 aromatic rings. The number of carbonyl (C=O) groups excluding carboxylic acids is 2. The molecule has 0 saturated carbocycles. The van der Waals surface area contributed by atoms with Crippen LogP contribution in [0, 0.1) is 5.92 Å². The van der Waals surface area contributed by atoms with Gasteiger partial charge in [0, 0.05) is 0 Å². The van der Waals surface area contributed by atoms with Crippen LogP contribution in [0.2, 0.25) is 19.6 Å². The summed E-state index contributed by atoms with van der Waals surface area (Å²) in [6, 6.07) is 9.78. The Labute approximate surface area is 126 Å². The van der Waals surface area contributed by atoms with Crippen LogP contribution in [-0.2, 0) is 19.1 Å². The maximum absolute atomic E-state index is 11.9. The summed E-state index contributed by atoms with van der Waals surface area (Å²) in [5.74, 6) is -2.23. The van der Waals surface area contributed by atoms with Crippen LogP contribution >= 0.6 is 0 Å². The molecular formula is C16H22O4Si. The molecular weight excluding hydrogens is 284 g/mol. The molecule has 0 atom stereocenters. The van der Waals surface area contributed by atoms with Crippen molar-refractivity contribution in [2.45, 2.75) is 19.6 Å². The van der Waals surface area contributed by atoms with Crippen molar-refractivity contribution in [1.29, 1.82) is 0 Å². The molecule has 21 heavy (non-hydrogen) atoms. The Morgan fingerprint density at radius 2 is 1.48 bits per heavy atom. The molecule has 0 amide bonds. The predicted octanol–water partition coefficient (Wildman–Crippen LogP) is 2.91. The number of benzene rings is 1. The van der Waals surface area contributed by atoms with Crippen molar-refractivity contribution in [3.63, 3.8) is 0 Å². The van der Waals surface area contributed by atoms with Crippen LogP contribution in [0.15, 0.2) is 36.4 Å². The second-order valence-electron chi connectivity index (χ2n) is 5.72. The lowest BCUT2D eigenvalue weighted by molar-refractivity contribution is -0.156. The van der Waals surface area contributed by atoms with Gasteiger partial charge < -0.3 is 9.47 Å². The molecule has 0 radical (unpaired) electrons. The quantitative estimate of drug-likeness (QED) is 0.477. The standard InChI is InChI=1S/C16H22O4Si/c1-19-15(17)13(16(18)20-2)11-14(21(3,4)5)12-9-7-6-8-10-12/h6-11,13H,1-5H3/b14-11+. The third-order valence-electron chi connectivity index (χ3n) is 3.14. The lowest BCUT2D eigenvalue weighted by atomic mass is 10.1. The number of esters is 2. The number of methoxy groups -OCH3 is 2. The normalized spacial score (nSPS) is 12.2. The lowest BCUT2D eigenvalue weighted by Crippen LogP contribution is -2.29. The van der Waals surface area contributed by atoms with E-state index in [1.807, 2.05) is 30.3 Å². The van der Waals surface area contributed by atoms with Crippen LogP contribution in [0.3, 0.4) is 0 Å². The first-order valence-corrected chi connectivity index (χ1v) is 10.2. The van der Waals surface area contributed by atoms with E-state index in [0.29, 0.717) is 0 Å². The van der Waals surface area contributed by atoms with E-state index in [2.05, 4.69) is 19.6 Å². The van der Waals surface area contributed by atoms with Crippen molar-refractivity contribution >= 4 is 25.2 Å². The van der Waals surface area contributed by atoms with E-state index in [1.165, 1.54) is 14.2 Å². The van der Waals surface area contributed by atoms with E-state index in [0.717, 1.165) is 10.8 Å². The van der Waals surface area contributed by atoms with E-state index in [1.54, 1.807) is 6.08 Å². The first-order chi connectivity index (χ1) is 9.81. The van der Waals surface area contributed by atoms with Crippen molar-refractivity contribution in [3.8, 4) is 0 Å². The zero-order valence-electron chi connectivity index (χ0n) is 13.2. The molecule has 0 saturated heterocycles. The zero-order chi connectivity index (χ0) is 16.0. The summed E-state index contributed by atoms with van der Waals surface area (Å²) in [5.41, 5.74) is 1.02. The summed E-state index contributed by atoms with van der Waals surface area (Å²) in [6.45, 7) is 6.49. The van der Waals surface area contributed by atoms with Crippen LogP contribution in [0.4, 0.5) is 0 Å². The van der Waals surface area contributed by atoms with Gasteiger partial charge in [-0.3, -0.25) is 9.59 Å². The SMILES string of the molecule is COC(=O)C(/C=C(\c1ccccc1)[Si](C)(C)C)C(=O)OC. The molecule has 4 nitrogen and oxygen atoms in total. The largest absolute Gasteiger partial charge is 0.468 e. The van der Waals surface area contributed by atoms with Crippen LogP contribution < -0.4 is 0 Å². The second-order valence-corrected chi connectivity index (χ2v) is 10.8. The minimum Gasteiger partial charge on any atom is -0.468 e. The average Bonchev–Trinajstić information content (AvgIpc) is 2.46. The summed E-state index contributed by atoms with van der Waals surface area (Å²) >= 11 is 0. The summed E-state index contributed by atoms with van der Waals surface area (Å²) < 4.78 is 9.43. The summed E-state index contributed by atoms with van der Waals surface area (Å²) in [6.07, 6.45) is 1.69. The highest BCUT2D eigenvalue weighted by Crippen LogP contribution is 2.28. The third-order valence-corrected chi connectivity index (χ3v) is 5.21. The van der Waals surface area contributed by atoms with Crippen LogP contribution in [0.1, 0.15) is 5.56 Å². The van der Waals surface area contributed by atoms with E-state index in [-0.39, 0.29) is 0 Å². The molecule has 0 fully saturated rings. The minimum atomic E-state index is -1.76. The van der Waals surface area contributed by atoms with Gasteiger partial charge in [-0.05, 0) is 5.56 Å². The topological polar surface area (TPSA) is 52.6 Å². The van der Waals surface area contributed by atoms with Crippen molar-refractivity contribution in [1.82, 2.24) is 0 Å². The fourth-order valence-electron chi connectivity index (χ4n) is 2.05. The molecule has 0 aromatic heterocycles. The third kappa shape index (κ3) is 4.56. The molecule has 0 aliphatic heterocycles. The summed E-state index contributed by atoms with van der Waals surface area (Å²) in [4.78, 5) is 23.7. The maximum atomic E-state index is 11.9. The number of hydrogen-bond donors (Lipinski definition) is 0. The fourth-order valence-corrected chi connectivity index (χ4v) is 3.75. The molecule has 0 heterocycles. The second kappa shape index (κ2) is 7.22. The molecule has 0 aliphatic carbocycles. The van der Waals surface area contributed by atoms with Gasteiger partial charge in [0.25, 0.3) is 0 Å². The van der Waals surface area contributed by atoms with Gasteiger partial charge in [-0.15, -0.1) is 0 Å². The van der Waals surface area contributed by atoms with Gasteiger partial charge >= 0.3 is 11.9 Å². The van der Waals surface area contributed by atoms with Gasteiger partial charge in [-0.1, -0.05) is 61.2 Å². The Hall–Kier alpha value is -1.88. The number of ether oxygens (including phenoxy) is 2. The number of hydrogen-bond acceptors (Lipinski definition) is 4. The molecule has 1 rings (SSSR count). The Morgan fingerprint density at radius 3 is 1.86 bits per heavy atom. The van der Waals surface area contributed by atoms with Crippen molar-refractivity contribution in [3.05, 3.63) is 42.0 Å². The van der Waals surface area contributed by atoms with Crippen LogP contribution in [-0.4, -0.2) is 34.2 Å². The molecule has 0 bridgehead atoms. The smallest absolute Gasteiger partial charge is 0.323 e.